The van der Waals surface area contributed by atoms with Gasteiger partial charge in [0.2, 0.25) is 5.91 Å². The predicted molar refractivity (Wildman–Crippen MR) is 87.7 cm³/mol. The van der Waals surface area contributed by atoms with E-state index in [0.717, 1.165) is 7.11 Å². The summed E-state index contributed by atoms with van der Waals surface area (Å²) in [6.07, 6.45) is -13.6. The van der Waals surface area contributed by atoms with Gasteiger partial charge in [0.1, 0.15) is 48.8 Å². The van der Waals surface area contributed by atoms with Gasteiger partial charge in [-0.2, -0.15) is 0 Å². The molecule has 2 aliphatic heterocycles. The minimum Gasteiger partial charge on any atom is -0.547 e. The molecule has 30 heavy (non-hydrogen) atoms. The number of amides is 1. The van der Waals surface area contributed by atoms with Crippen LogP contribution in [0.25, 0.3) is 0 Å². The summed E-state index contributed by atoms with van der Waals surface area (Å²) in [7, 11) is 2.40. The molecule has 0 bridgehead atoms. The van der Waals surface area contributed by atoms with Gasteiger partial charge in [-0.05, 0) is 0 Å². The van der Waals surface area contributed by atoms with E-state index in [1.807, 2.05) is 0 Å². The van der Waals surface area contributed by atoms with Crippen molar-refractivity contribution in [1.82, 2.24) is 5.32 Å². The topological polar surface area (TPSA) is 196 Å². The van der Waals surface area contributed by atoms with Crippen LogP contribution in [0.5, 0.6) is 0 Å². The zero-order valence-corrected chi connectivity index (χ0v) is 19.0. The Morgan fingerprint density at radius 1 is 1.00 bits per heavy atom. The molecule has 0 aromatic carbocycles. The average Bonchev–Trinajstić information content (AvgIpc) is 2.66. The van der Waals surface area contributed by atoms with E-state index < -0.39 is 79.8 Å². The van der Waals surface area contributed by atoms with E-state index in [2.05, 4.69) is 5.32 Å². The predicted octanol–water partition coefficient (Wildman–Crippen LogP) is -8.18. The summed E-state index contributed by atoms with van der Waals surface area (Å²) in [6.45, 7) is 0.576. The molecule has 2 aliphatic rings. The van der Waals surface area contributed by atoms with Crippen LogP contribution in [0.3, 0.4) is 0 Å². The number of carboxylic acids is 1. The smallest absolute Gasteiger partial charge is 0.547 e. The third-order valence-corrected chi connectivity index (χ3v) is 4.79. The fraction of sp³-hybridized carbons (Fsp3) is 0.875. The zero-order chi connectivity index (χ0) is 21.9. The molecule has 2 heterocycles. The number of aliphatic hydroxyl groups excluding tert-OH is 4. The standard InChI is InChI=1S/C16H27NO12.Na/c1-5(19)17-7-11(8(20)6(4-18)27-15(7)26-3)28-16-10(22)12(25-2)9(21)13(29-16)14(23)24;/h6-13,15-16,18,20-22H,4H2,1-3H3,(H,17,19)(H,23,24);/q;+1/p-1/t6?,7?,8-,9+,10?,11-,12+,13?,15-,16-;/m1./s1. The monoisotopic (exact) mass is 447 g/mol. The fourth-order valence-corrected chi connectivity index (χ4v) is 3.40. The van der Waals surface area contributed by atoms with Gasteiger partial charge in [0.25, 0.3) is 0 Å². The van der Waals surface area contributed by atoms with Gasteiger partial charge < -0.3 is 59.3 Å². The van der Waals surface area contributed by atoms with Crippen LogP contribution >= 0.6 is 0 Å². The molecule has 0 aliphatic carbocycles. The average molecular weight is 447 g/mol. The van der Waals surface area contributed by atoms with Crippen molar-refractivity contribution in [1.29, 1.82) is 0 Å². The number of carbonyl (C=O) groups excluding carboxylic acids is 2. The number of methoxy groups -OCH3 is 2. The molecule has 13 nitrogen and oxygen atoms in total. The van der Waals surface area contributed by atoms with Crippen molar-refractivity contribution in [2.45, 2.75) is 68.3 Å². The molecule has 5 N–H and O–H groups in total. The normalized spacial score (nSPS) is 41.6. The summed E-state index contributed by atoms with van der Waals surface area (Å²) in [6, 6.07) is -1.11. The van der Waals surface area contributed by atoms with E-state index in [4.69, 9.17) is 23.7 Å². The molecular weight excluding hydrogens is 421 g/mol. The molecule has 0 saturated carbocycles. The van der Waals surface area contributed by atoms with E-state index in [0.29, 0.717) is 0 Å². The number of aliphatic hydroxyl groups is 4. The minimum absolute atomic E-state index is 0. The molecule has 2 rings (SSSR count). The van der Waals surface area contributed by atoms with Crippen LogP contribution in [-0.2, 0) is 33.3 Å². The molecule has 2 saturated heterocycles. The summed E-state index contributed by atoms with van der Waals surface area (Å²) >= 11 is 0. The number of carboxylic acid groups (broad SMARTS) is 1. The molecule has 0 radical (unpaired) electrons. The van der Waals surface area contributed by atoms with Crippen molar-refractivity contribution in [3.63, 3.8) is 0 Å². The maximum Gasteiger partial charge on any atom is 1.00 e. The molecule has 0 spiro atoms. The number of hydrogen-bond acceptors (Lipinski definition) is 12. The van der Waals surface area contributed by atoms with E-state index >= 15 is 0 Å². The van der Waals surface area contributed by atoms with Crippen LogP contribution in [0.15, 0.2) is 0 Å². The van der Waals surface area contributed by atoms with Crippen molar-refractivity contribution < 1.29 is 88.4 Å². The van der Waals surface area contributed by atoms with Crippen molar-refractivity contribution >= 4 is 11.9 Å². The number of aliphatic carboxylic acids is 1. The second-order valence-electron chi connectivity index (χ2n) is 6.70. The number of nitrogens with one attached hydrogen (secondary N) is 1. The van der Waals surface area contributed by atoms with Crippen LogP contribution in [-0.4, -0.2) is 114 Å². The second-order valence-corrected chi connectivity index (χ2v) is 6.70. The Hall–Kier alpha value is -0.420. The van der Waals surface area contributed by atoms with Gasteiger partial charge in [0.15, 0.2) is 12.6 Å². The summed E-state index contributed by atoms with van der Waals surface area (Å²) in [5.74, 6) is -2.29. The summed E-state index contributed by atoms with van der Waals surface area (Å²) < 4.78 is 26.2. The Kier molecular flexibility index (Phi) is 11.0. The van der Waals surface area contributed by atoms with E-state index in [-0.39, 0.29) is 29.6 Å². The Balaban J connectivity index is 0.00000450. The van der Waals surface area contributed by atoms with Crippen molar-refractivity contribution in [3.05, 3.63) is 0 Å². The van der Waals surface area contributed by atoms with Crippen molar-refractivity contribution in [2.24, 2.45) is 0 Å². The first-order chi connectivity index (χ1) is 13.7. The number of carbonyl (C=O) groups is 2. The van der Waals surface area contributed by atoms with Crippen LogP contribution in [0.2, 0.25) is 0 Å². The maximum absolute atomic E-state index is 11.6. The first kappa shape index (κ1) is 27.6. The molecule has 10 atom stereocenters. The van der Waals surface area contributed by atoms with Gasteiger partial charge in [-0.3, -0.25) is 4.79 Å². The Morgan fingerprint density at radius 2 is 1.63 bits per heavy atom. The first-order valence-corrected chi connectivity index (χ1v) is 8.81. The van der Waals surface area contributed by atoms with Crippen LogP contribution in [0.4, 0.5) is 0 Å². The van der Waals surface area contributed by atoms with E-state index in [1.165, 1.54) is 14.0 Å². The number of rotatable bonds is 7. The molecule has 14 heteroatoms. The SMILES string of the molecule is CO[C@@H]1OC(CO)[C@@H](O)[C@H](O[C@@H]2OC(C(=O)[O-])[C@@H](O)[C@H](OC)C2O)C1NC(C)=O.[Na+]. The Labute approximate surface area is 194 Å². The molecule has 4 unspecified atom stereocenters. The third kappa shape index (κ3) is 5.88. The van der Waals surface area contributed by atoms with Crippen LogP contribution in [0.1, 0.15) is 6.92 Å². The van der Waals surface area contributed by atoms with Gasteiger partial charge in [-0.1, -0.05) is 0 Å². The number of ether oxygens (including phenoxy) is 5. The Bertz CT molecular complexity index is 582. The quantitative estimate of drug-likeness (QED) is 0.232. The van der Waals surface area contributed by atoms with Gasteiger partial charge in [0, 0.05) is 21.1 Å². The summed E-state index contributed by atoms with van der Waals surface area (Å²) in [5.41, 5.74) is 0. The van der Waals surface area contributed by atoms with E-state index in [1.54, 1.807) is 0 Å². The molecule has 2 fully saturated rings. The van der Waals surface area contributed by atoms with Gasteiger partial charge in [0.05, 0.1) is 12.6 Å². The molecule has 0 aromatic rings. The van der Waals surface area contributed by atoms with Gasteiger partial charge >= 0.3 is 29.6 Å². The summed E-state index contributed by atoms with van der Waals surface area (Å²) in [4.78, 5) is 22.9. The van der Waals surface area contributed by atoms with Crippen LogP contribution < -0.4 is 40.0 Å². The molecular formula is C16H26NNaO12. The van der Waals surface area contributed by atoms with Crippen LogP contribution in [0, 0.1) is 0 Å². The second kappa shape index (κ2) is 12.0. The van der Waals surface area contributed by atoms with E-state index in [9.17, 15) is 35.1 Å². The fourth-order valence-electron chi connectivity index (χ4n) is 3.40. The molecule has 0 aromatic heterocycles. The summed E-state index contributed by atoms with van der Waals surface area (Å²) in [5, 5.41) is 54.1. The zero-order valence-electron chi connectivity index (χ0n) is 17.0. The number of hydrogen-bond donors (Lipinski definition) is 5. The Morgan fingerprint density at radius 3 is 2.10 bits per heavy atom. The van der Waals surface area contributed by atoms with Gasteiger partial charge in [-0.15, -0.1) is 0 Å². The maximum atomic E-state index is 11.6. The third-order valence-electron chi connectivity index (χ3n) is 4.79. The molecule has 1 amide bonds. The first-order valence-electron chi connectivity index (χ1n) is 8.81. The minimum atomic E-state index is -1.89. The molecule has 168 valence electrons. The largest absolute Gasteiger partial charge is 1.00 e. The van der Waals surface area contributed by atoms with Gasteiger partial charge in [-0.25, -0.2) is 0 Å². The van der Waals surface area contributed by atoms with Crippen molar-refractivity contribution in [3.8, 4) is 0 Å². The van der Waals surface area contributed by atoms with Crippen molar-refractivity contribution in [2.75, 3.05) is 20.8 Å².